The highest BCUT2D eigenvalue weighted by Gasteiger charge is 2.20. The summed E-state index contributed by atoms with van der Waals surface area (Å²) in [6.07, 6.45) is 5.96. The van der Waals surface area contributed by atoms with E-state index in [0.717, 1.165) is 49.5 Å². The highest BCUT2D eigenvalue weighted by atomic mass is 16.2. The number of hydrogen-bond donors (Lipinski definition) is 1. The molecule has 0 spiro atoms. The fraction of sp³-hybridized carbons (Fsp3) is 0.679. The lowest BCUT2D eigenvalue weighted by molar-refractivity contribution is -0.120. The second-order valence-electron chi connectivity index (χ2n) is 10.8. The molecule has 2 aromatic rings. The number of nitrogens with zero attached hydrogens (tertiary/aromatic N) is 4. The maximum Gasteiger partial charge on any atom is 0.253 e. The van der Waals surface area contributed by atoms with Gasteiger partial charge in [0.25, 0.3) is 5.91 Å². The van der Waals surface area contributed by atoms with Gasteiger partial charge in [-0.2, -0.15) is 0 Å². The molecule has 0 radical (unpaired) electrons. The molecule has 1 aliphatic rings. The van der Waals surface area contributed by atoms with Crippen LogP contribution in [0.5, 0.6) is 0 Å². The van der Waals surface area contributed by atoms with Crippen molar-refractivity contribution in [2.45, 2.75) is 72.8 Å². The average Bonchev–Trinajstić information content (AvgIpc) is 3.18. The molecule has 35 heavy (non-hydrogen) atoms. The quantitative estimate of drug-likeness (QED) is 0.487. The average molecular weight is 484 g/mol. The number of nitrogens with one attached hydrogen (secondary N) is 1. The number of aryl methyl sites for hydroxylation is 2. The van der Waals surface area contributed by atoms with Crippen LogP contribution in [0.15, 0.2) is 18.2 Å². The second-order valence-corrected chi connectivity index (χ2v) is 10.8. The van der Waals surface area contributed by atoms with E-state index in [1.54, 1.807) is 7.05 Å². The number of imidazole rings is 1. The van der Waals surface area contributed by atoms with Crippen LogP contribution in [-0.2, 0) is 17.8 Å². The summed E-state index contributed by atoms with van der Waals surface area (Å²) in [7, 11) is 1.67. The molecule has 2 amide bonds. The Morgan fingerprint density at radius 2 is 1.71 bits per heavy atom. The van der Waals surface area contributed by atoms with E-state index < -0.39 is 0 Å². The Hall–Kier alpha value is -2.41. The van der Waals surface area contributed by atoms with Crippen molar-refractivity contribution in [3.8, 4) is 0 Å². The zero-order chi connectivity index (χ0) is 25.4. The predicted octanol–water partition coefficient (Wildman–Crippen LogP) is 4.35. The zero-order valence-corrected chi connectivity index (χ0v) is 22.5. The van der Waals surface area contributed by atoms with Crippen LogP contribution in [0, 0.1) is 11.8 Å². The molecular weight excluding hydrogens is 438 g/mol. The number of carbonyl (C=O) groups excluding carboxylic acids is 2. The summed E-state index contributed by atoms with van der Waals surface area (Å²) in [4.78, 5) is 34.8. The van der Waals surface area contributed by atoms with Crippen LogP contribution in [0.1, 0.15) is 76.0 Å². The number of likely N-dealkylation sites (tertiary alicyclic amines) is 1. The van der Waals surface area contributed by atoms with Crippen molar-refractivity contribution in [1.82, 2.24) is 24.7 Å². The van der Waals surface area contributed by atoms with E-state index in [-0.39, 0.29) is 11.8 Å². The van der Waals surface area contributed by atoms with Crippen molar-refractivity contribution in [3.05, 3.63) is 29.6 Å². The van der Waals surface area contributed by atoms with E-state index >= 15 is 0 Å². The monoisotopic (exact) mass is 483 g/mol. The van der Waals surface area contributed by atoms with Crippen LogP contribution >= 0.6 is 0 Å². The first-order valence-corrected chi connectivity index (χ1v) is 13.5. The SMILES string of the molecule is CNC(=O)CCc1nc2ccc(C(=O)N(CC(C)C)CC(C)C)cc2n1CCCN1CCCCC1. The van der Waals surface area contributed by atoms with Gasteiger partial charge in [0.05, 0.1) is 11.0 Å². The number of hydrogen-bond acceptors (Lipinski definition) is 4. The molecule has 1 fully saturated rings. The fourth-order valence-corrected chi connectivity index (χ4v) is 5.04. The highest BCUT2D eigenvalue weighted by Crippen LogP contribution is 2.22. The fourth-order valence-electron chi connectivity index (χ4n) is 5.04. The molecule has 194 valence electrons. The van der Waals surface area contributed by atoms with E-state index in [0.29, 0.717) is 30.2 Å². The van der Waals surface area contributed by atoms with E-state index in [9.17, 15) is 9.59 Å². The molecule has 7 nitrogen and oxygen atoms in total. The molecule has 1 saturated heterocycles. The van der Waals surface area contributed by atoms with Crippen molar-refractivity contribution in [3.63, 3.8) is 0 Å². The number of amides is 2. The van der Waals surface area contributed by atoms with Crippen molar-refractivity contribution in [1.29, 1.82) is 0 Å². The van der Waals surface area contributed by atoms with Crippen molar-refractivity contribution < 1.29 is 9.59 Å². The maximum absolute atomic E-state index is 13.5. The van der Waals surface area contributed by atoms with Crippen LogP contribution in [0.3, 0.4) is 0 Å². The minimum absolute atomic E-state index is 0.0193. The second kappa shape index (κ2) is 13.1. The first-order valence-electron chi connectivity index (χ1n) is 13.5. The number of piperidine rings is 1. The predicted molar refractivity (Wildman–Crippen MR) is 143 cm³/mol. The van der Waals surface area contributed by atoms with E-state index in [1.165, 1.54) is 32.4 Å². The van der Waals surface area contributed by atoms with Gasteiger partial charge in [-0.3, -0.25) is 9.59 Å². The van der Waals surface area contributed by atoms with E-state index in [2.05, 4.69) is 42.5 Å². The van der Waals surface area contributed by atoms with E-state index in [1.807, 2.05) is 23.1 Å². The largest absolute Gasteiger partial charge is 0.359 e. The molecule has 3 rings (SSSR count). The Balaban J connectivity index is 1.86. The van der Waals surface area contributed by atoms with Gasteiger partial charge in [-0.25, -0.2) is 4.98 Å². The number of benzene rings is 1. The van der Waals surface area contributed by atoms with Crippen molar-refractivity contribution >= 4 is 22.8 Å². The Morgan fingerprint density at radius 3 is 2.34 bits per heavy atom. The molecule has 1 aromatic heterocycles. The van der Waals surface area contributed by atoms with Crippen molar-refractivity contribution in [2.75, 3.05) is 39.8 Å². The summed E-state index contributed by atoms with van der Waals surface area (Å²) < 4.78 is 2.24. The molecular formula is C28H45N5O2. The Bertz CT molecular complexity index is 965. The maximum atomic E-state index is 13.5. The molecule has 1 aliphatic heterocycles. The molecule has 0 bridgehead atoms. The summed E-state index contributed by atoms with van der Waals surface area (Å²) in [5, 5.41) is 2.71. The first kappa shape index (κ1) is 27.2. The molecule has 0 unspecified atom stereocenters. The first-order chi connectivity index (χ1) is 16.8. The van der Waals surface area contributed by atoms with E-state index in [4.69, 9.17) is 4.98 Å². The molecule has 0 aliphatic carbocycles. The minimum Gasteiger partial charge on any atom is -0.359 e. The molecule has 0 saturated carbocycles. The van der Waals surface area contributed by atoms with Gasteiger partial charge in [-0.05, 0) is 68.9 Å². The van der Waals surface area contributed by atoms with Gasteiger partial charge in [0, 0.05) is 45.1 Å². The summed E-state index contributed by atoms with van der Waals surface area (Å²) in [6.45, 7) is 14.4. The molecule has 0 atom stereocenters. The topological polar surface area (TPSA) is 70.5 Å². The Kier molecular flexibility index (Phi) is 10.1. The smallest absolute Gasteiger partial charge is 0.253 e. The molecule has 7 heteroatoms. The summed E-state index contributed by atoms with van der Waals surface area (Å²) in [6, 6.07) is 5.89. The van der Waals surface area contributed by atoms with Crippen LogP contribution in [0.4, 0.5) is 0 Å². The highest BCUT2D eigenvalue weighted by molar-refractivity contribution is 5.97. The van der Waals surface area contributed by atoms with Crippen LogP contribution in [0.25, 0.3) is 11.0 Å². The van der Waals surface area contributed by atoms with Crippen LogP contribution < -0.4 is 5.32 Å². The third-order valence-electron chi connectivity index (χ3n) is 6.69. The Labute approximate surface area is 211 Å². The van der Waals surface area contributed by atoms with Crippen LogP contribution in [0.2, 0.25) is 0 Å². The minimum atomic E-state index is 0.0193. The van der Waals surface area contributed by atoms with Gasteiger partial charge < -0.3 is 19.7 Å². The summed E-state index contributed by atoms with van der Waals surface area (Å²) in [5.41, 5.74) is 2.61. The Morgan fingerprint density at radius 1 is 1.03 bits per heavy atom. The number of fused-ring (bicyclic) bond motifs is 1. The van der Waals surface area contributed by atoms with Gasteiger partial charge >= 0.3 is 0 Å². The lowest BCUT2D eigenvalue weighted by atomic mass is 10.1. The van der Waals surface area contributed by atoms with Gasteiger partial charge in [-0.15, -0.1) is 0 Å². The van der Waals surface area contributed by atoms with Gasteiger partial charge in [-0.1, -0.05) is 34.1 Å². The normalized spacial score (nSPS) is 14.7. The third kappa shape index (κ3) is 7.79. The number of carbonyl (C=O) groups is 2. The summed E-state index contributed by atoms with van der Waals surface area (Å²) >= 11 is 0. The number of aromatic nitrogens is 2. The molecule has 1 N–H and O–H groups in total. The third-order valence-corrected chi connectivity index (χ3v) is 6.69. The van der Waals surface area contributed by atoms with Gasteiger partial charge in [0.1, 0.15) is 5.82 Å². The zero-order valence-electron chi connectivity index (χ0n) is 22.5. The van der Waals surface area contributed by atoms with Crippen molar-refractivity contribution in [2.24, 2.45) is 11.8 Å². The summed E-state index contributed by atoms with van der Waals surface area (Å²) in [5.74, 6) is 1.86. The van der Waals surface area contributed by atoms with Gasteiger partial charge in [0.2, 0.25) is 5.91 Å². The standard InChI is InChI=1S/C28H45N5O2/c1-21(2)19-32(20-22(3)4)28(35)23-10-11-24-25(18-23)33(26(30-24)12-13-27(34)29-5)17-9-16-31-14-7-6-8-15-31/h10-11,18,21-22H,6-9,12-17,19-20H2,1-5H3,(H,29,34). The molecule has 1 aromatic carbocycles. The lowest BCUT2D eigenvalue weighted by Gasteiger charge is -2.27. The lowest BCUT2D eigenvalue weighted by Crippen LogP contribution is -2.37. The molecule has 2 heterocycles. The van der Waals surface area contributed by atoms with Crippen LogP contribution in [-0.4, -0.2) is 70.9 Å². The number of rotatable bonds is 12. The van der Waals surface area contributed by atoms with Gasteiger partial charge in [0.15, 0.2) is 0 Å².